The van der Waals surface area contributed by atoms with Gasteiger partial charge in [0, 0.05) is 18.7 Å². The summed E-state index contributed by atoms with van der Waals surface area (Å²) in [5.41, 5.74) is 4.86. The van der Waals surface area contributed by atoms with Crippen LogP contribution in [-0.4, -0.2) is 60.8 Å². The van der Waals surface area contributed by atoms with Crippen LogP contribution in [0.2, 0.25) is 0 Å². The molecule has 0 radical (unpaired) electrons. The molecule has 2 rings (SSSR count). The van der Waals surface area contributed by atoms with Crippen LogP contribution < -0.4 is 5.73 Å². The maximum Gasteiger partial charge on any atom is 0.338 e. The Morgan fingerprint density at radius 2 is 2.07 bits per heavy atom. The first-order chi connectivity index (χ1) is 13.0. The predicted octanol–water partition coefficient (Wildman–Crippen LogP) is 1.01. The summed E-state index contributed by atoms with van der Waals surface area (Å²) in [5.74, 6) is -1.39. The summed E-state index contributed by atoms with van der Waals surface area (Å²) < 4.78 is 28.5. The minimum atomic E-state index is -3.18. The maximum absolute atomic E-state index is 12.6. The van der Waals surface area contributed by atoms with Crippen LogP contribution in [0.5, 0.6) is 0 Å². The number of nitro benzene ring substituents is 1. The van der Waals surface area contributed by atoms with E-state index in [0.29, 0.717) is 13.0 Å². The van der Waals surface area contributed by atoms with Crippen molar-refractivity contribution in [3.8, 4) is 0 Å². The summed E-state index contributed by atoms with van der Waals surface area (Å²) in [6.45, 7) is 3.54. The van der Waals surface area contributed by atoms with Gasteiger partial charge in [-0.25, -0.2) is 13.2 Å². The minimum Gasteiger partial charge on any atom is -0.452 e. The van der Waals surface area contributed by atoms with E-state index in [1.807, 2.05) is 13.8 Å². The van der Waals surface area contributed by atoms with E-state index in [1.54, 1.807) is 0 Å². The molecular formula is C17H23N3O7S. The number of benzene rings is 1. The molecule has 11 heteroatoms. The van der Waals surface area contributed by atoms with Gasteiger partial charge in [-0.3, -0.25) is 14.9 Å². The number of nitrogens with two attached hydrogens (primary N) is 1. The molecule has 0 aromatic heterocycles. The van der Waals surface area contributed by atoms with E-state index in [0.717, 1.165) is 6.07 Å². The van der Waals surface area contributed by atoms with E-state index in [4.69, 9.17) is 10.5 Å². The lowest BCUT2D eigenvalue weighted by Gasteiger charge is -2.29. The van der Waals surface area contributed by atoms with E-state index >= 15 is 0 Å². The van der Waals surface area contributed by atoms with Crippen molar-refractivity contribution in [3.05, 3.63) is 33.9 Å². The lowest BCUT2D eigenvalue weighted by molar-refractivity contribution is -0.383. The average molecular weight is 413 g/mol. The zero-order valence-corrected chi connectivity index (χ0v) is 16.5. The topological polar surface area (TPSA) is 150 Å². The van der Waals surface area contributed by atoms with Gasteiger partial charge >= 0.3 is 5.97 Å². The molecule has 1 saturated heterocycles. The number of nitrogens with zero attached hydrogens (tertiary/aromatic N) is 2. The Kier molecular flexibility index (Phi) is 6.60. The highest BCUT2D eigenvalue weighted by Crippen LogP contribution is 2.23. The summed E-state index contributed by atoms with van der Waals surface area (Å²) in [4.78, 5) is 36.4. The summed E-state index contributed by atoms with van der Waals surface area (Å²) >= 11 is 0. The van der Waals surface area contributed by atoms with Crippen LogP contribution in [0.1, 0.15) is 30.6 Å². The number of hydrogen-bond acceptors (Lipinski definition) is 8. The van der Waals surface area contributed by atoms with Crippen molar-refractivity contribution >= 4 is 33.1 Å². The molecule has 0 unspecified atom stereocenters. The number of anilines is 1. The number of carbonyl (C=O) groups excluding carboxylic acids is 2. The third kappa shape index (κ3) is 5.41. The lowest BCUT2D eigenvalue weighted by atomic mass is 10.1. The monoisotopic (exact) mass is 413 g/mol. The van der Waals surface area contributed by atoms with E-state index in [-0.39, 0.29) is 28.7 Å². The van der Waals surface area contributed by atoms with Crippen molar-refractivity contribution in [2.24, 2.45) is 5.92 Å². The fourth-order valence-corrected chi connectivity index (χ4v) is 4.72. The van der Waals surface area contributed by atoms with Gasteiger partial charge in [-0.1, -0.05) is 13.8 Å². The molecule has 1 aliphatic heterocycles. The summed E-state index contributed by atoms with van der Waals surface area (Å²) in [6, 6.07) is 3.02. The molecule has 1 atom stereocenters. The van der Waals surface area contributed by atoms with Gasteiger partial charge in [0.05, 0.1) is 22.0 Å². The zero-order valence-electron chi connectivity index (χ0n) is 15.7. The van der Waals surface area contributed by atoms with Crippen molar-refractivity contribution < 1.29 is 27.7 Å². The van der Waals surface area contributed by atoms with Crippen LogP contribution in [-0.2, 0) is 19.4 Å². The molecule has 1 aromatic rings. The number of nitrogen functional groups attached to an aromatic ring is 1. The van der Waals surface area contributed by atoms with Gasteiger partial charge in [-0.15, -0.1) is 0 Å². The van der Waals surface area contributed by atoms with Crippen molar-refractivity contribution in [3.63, 3.8) is 0 Å². The van der Waals surface area contributed by atoms with Gasteiger partial charge in [-0.2, -0.15) is 0 Å². The SMILES string of the molecule is CC(C)CN(C(=O)COC(=O)c1ccc(N)c([N+](=O)[O-])c1)[C@@H]1CCS(=O)(=O)C1. The Morgan fingerprint density at radius 1 is 1.39 bits per heavy atom. The summed E-state index contributed by atoms with van der Waals surface area (Å²) in [5, 5.41) is 10.9. The van der Waals surface area contributed by atoms with Crippen LogP contribution in [0.15, 0.2) is 18.2 Å². The predicted molar refractivity (Wildman–Crippen MR) is 101 cm³/mol. The quantitative estimate of drug-likeness (QED) is 0.301. The second-order valence-electron chi connectivity index (χ2n) is 7.10. The van der Waals surface area contributed by atoms with E-state index < -0.39 is 45.0 Å². The number of esters is 1. The van der Waals surface area contributed by atoms with Crippen LogP contribution in [0.25, 0.3) is 0 Å². The first kappa shape index (κ1) is 21.6. The normalized spacial score (nSPS) is 18.0. The molecular weight excluding hydrogens is 390 g/mol. The van der Waals surface area contributed by atoms with Crippen molar-refractivity contribution in [1.29, 1.82) is 0 Å². The highest BCUT2D eigenvalue weighted by molar-refractivity contribution is 7.91. The first-order valence-electron chi connectivity index (χ1n) is 8.71. The molecule has 1 aliphatic rings. The standard InChI is InChI=1S/C17H23N3O7S/c1-11(2)8-19(13-5-6-28(25,26)10-13)16(21)9-27-17(22)12-3-4-14(18)15(7-12)20(23)24/h3-4,7,11,13H,5-6,8-10,18H2,1-2H3/t13-/m1/s1. The molecule has 10 nitrogen and oxygen atoms in total. The van der Waals surface area contributed by atoms with Gasteiger partial charge < -0.3 is 15.4 Å². The number of amides is 1. The van der Waals surface area contributed by atoms with Crippen LogP contribution >= 0.6 is 0 Å². The molecule has 1 aromatic carbocycles. The molecule has 1 amide bonds. The van der Waals surface area contributed by atoms with Gasteiger partial charge in [-0.05, 0) is 24.5 Å². The zero-order chi connectivity index (χ0) is 21.1. The number of hydrogen-bond donors (Lipinski definition) is 1. The summed E-state index contributed by atoms with van der Waals surface area (Å²) in [7, 11) is -3.18. The summed E-state index contributed by atoms with van der Waals surface area (Å²) in [6.07, 6.45) is 0.346. The minimum absolute atomic E-state index is 0.0223. The van der Waals surface area contributed by atoms with Crippen molar-refractivity contribution in [1.82, 2.24) is 4.90 Å². The molecule has 1 fully saturated rings. The Balaban J connectivity index is 2.06. The van der Waals surface area contributed by atoms with Gasteiger partial charge in [0.2, 0.25) is 0 Å². The van der Waals surface area contributed by atoms with Crippen molar-refractivity contribution in [2.75, 3.05) is 30.4 Å². The molecule has 0 bridgehead atoms. The van der Waals surface area contributed by atoms with Crippen molar-refractivity contribution in [2.45, 2.75) is 26.3 Å². The fraction of sp³-hybridized carbons (Fsp3) is 0.529. The smallest absolute Gasteiger partial charge is 0.338 e. The van der Waals surface area contributed by atoms with Gasteiger partial charge in [0.1, 0.15) is 5.69 Å². The highest BCUT2D eigenvalue weighted by Gasteiger charge is 2.35. The van der Waals surface area contributed by atoms with Crippen LogP contribution in [0.4, 0.5) is 11.4 Å². The maximum atomic E-state index is 12.6. The largest absolute Gasteiger partial charge is 0.452 e. The second kappa shape index (κ2) is 8.55. The Labute approximate surface area is 162 Å². The third-order valence-electron chi connectivity index (χ3n) is 4.32. The van der Waals surface area contributed by atoms with E-state index in [9.17, 15) is 28.1 Å². The molecule has 0 spiro atoms. The first-order valence-corrected chi connectivity index (χ1v) is 10.5. The molecule has 28 heavy (non-hydrogen) atoms. The number of carbonyl (C=O) groups is 2. The third-order valence-corrected chi connectivity index (χ3v) is 6.07. The Morgan fingerprint density at radius 3 is 2.61 bits per heavy atom. The van der Waals surface area contributed by atoms with Gasteiger partial charge in [0.25, 0.3) is 11.6 Å². The second-order valence-corrected chi connectivity index (χ2v) is 9.33. The Hall–Kier alpha value is -2.69. The number of rotatable bonds is 7. The highest BCUT2D eigenvalue weighted by atomic mass is 32.2. The number of ether oxygens (including phenoxy) is 1. The molecule has 0 aliphatic carbocycles. The lowest BCUT2D eigenvalue weighted by Crippen LogP contribution is -2.45. The molecule has 1 heterocycles. The molecule has 0 saturated carbocycles. The number of sulfone groups is 1. The van der Waals surface area contributed by atoms with Crippen LogP contribution in [0.3, 0.4) is 0 Å². The Bertz CT molecular complexity index is 883. The molecule has 154 valence electrons. The van der Waals surface area contributed by atoms with Crippen LogP contribution in [0, 0.1) is 16.0 Å². The fourth-order valence-electron chi connectivity index (χ4n) is 2.99. The average Bonchev–Trinajstić information content (AvgIpc) is 2.96. The van der Waals surface area contributed by atoms with Gasteiger partial charge in [0.15, 0.2) is 16.4 Å². The molecule has 2 N–H and O–H groups in total. The van der Waals surface area contributed by atoms with E-state index in [2.05, 4.69) is 0 Å². The number of nitro groups is 1. The van der Waals surface area contributed by atoms with E-state index in [1.165, 1.54) is 17.0 Å².